The second-order valence-electron chi connectivity index (χ2n) is 4.73. The number of oxime groups is 1. The second-order valence-corrected chi connectivity index (χ2v) is 4.73. The number of nitrogens with zero attached hydrogens (tertiary/aromatic N) is 2. The first kappa shape index (κ1) is 11.9. The zero-order valence-electron chi connectivity index (χ0n) is 10.1. The Morgan fingerprint density at radius 3 is 2.88 bits per heavy atom. The van der Waals surface area contributed by atoms with Gasteiger partial charge < -0.3 is 9.94 Å². The van der Waals surface area contributed by atoms with Gasteiger partial charge in [-0.05, 0) is 27.1 Å². The molecule has 2 rings (SSSR count). The maximum absolute atomic E-state index is 11.3. The Bertz CT molecular complexity index is 425. The molecule has 0 amide bonds. The topological polar surface area (TPSA) is 62.1 Å². The lowest BCUT2D eigenvalue weighted by molar-refractivity contribution is -0.139. The first-order valence-corrected chi connectivity index (χ1v) is 5.46. The number of allylic oxidation sites excluding steroid dienone is 2. The Labute approximate surface area is 100 Å². The average Bonchev–Trinajstić information content (AvgIpc) is 2.56. The van der Waals surface area contributed by atoms with Gasteiger partial charge in [0.25, 0.3) is 0 Å². The Morgan fingerprint density at radius 2 is 2.29 bits per heavy atom. The van der Waals surface area contributed by atoms with Crippen LogP contribution < -0.4 is 0 Å². The van der Waals surface area contributed by atoms with Crippen LogP contribution in [-0.2, 0) is 9.63 Å². The standard InChI is InChI=1S/C12H16N2O3/c1-12-7-5-4-6-8(12)17-13-10(12)9(11(15)16)14(2)3/h4-9H,1-3H3,(H,15,16). The number of aliphatic carboxylic acids is 1. The summed E-state index contributed by atoms with van der Waals surface area (Å²) < 4.78 is 0. The van der Waals surface area contributed by atoms with Gasteiger partial charge >= 0.3 is 5.97 Å². The van der Waals surface area contributed by atoms with E-state index in [2.05, 4.69) is 5.16 Å². The highest BCUT2D eigenvalue weighted by atomic mass is 16.6. The van der Waals surface area contributed by atoms with Gasteiger partial charge in [-0.15, -0.1) is 0 Å². The van der Waals surface area contributed by atoms with Crippen LogP contribution in [-0.4, -0.2) is 47.9 Å². The lowest BCUT2D eigenvalue weighted by atomic mass is 9.75. The Balaban J connectivity index is 2.36. The average molecular weight is 236 g/mol. The maximum atomic E-state index is 11.3. The van der Waals surface area contributed by atoms with Crippen molar-refractivity contribution in [2.75, 3.05) is 14.1 Å². The van der Waals surface area contributed by atoms with Crippen LogP contribution in [0.3, 0.4) is 0 Å². The number of rotatable bonds is 3. The van der Waals surface area contributed by atoms with Crippen LogP contribution in [0.15, 0.2) is 29.5 Å². The van der Waals surface area contributed by atoms with Gasteiger partial charge in [0.15, 0.2) is 12.1 Å². The van der Waals surface area contributed by atoms with Crippen molar-refractivity contribution in [3.05, 3.63) is 24.3 Å². The third kappa shape index (κ3) is 1.76. The summed E-state index contributed by atoms with van der Waals surface area (Å²) in [5.41, 5.74) is 0.0721. The molecule has 0 fully saturated rings. The molecule has 0 saturated heterocycles. The van der Waals surface area contributed by atoms with Crippen molar-refractivity contribution in [2.45, 2.75) is 19.1 Å². The molecular formula is C12H16N2O3. The van der Waals surface area contributed by atoms with Gasteiger partial charge in [-0.25, -0.2) is 0 Å². The predicted octanol–water partition coefficient (Wildman–Crippen LogP) is 0.888. The monoisotopic (exact) mass is 236 g/mol. The van der Waals surface area contributed by atoms with E-state index in [4.69, 9.17) is 4.84 Å². The summed E-state index contributed by atoms with van der Waals surface area (Å²) >= 11 is 0. The summed E-state index contributed by atoms with van der Waals surface area (Å²) in [5.74, 6) is -0.915. The van der Waals surface area contributed by atoms with Crippen molar-refractivity contribution in [3.8, 4) is 0 Å². The van der Waals surface area contributed by atoms with Gasteiger partial charge in [0.1, 0.15) is 0 Å². The van der Waals surface area contributed by atoms with Crippen molar-refractivity contribution >= 4 is 11.7 Å². The van der Waals surface area contributed by atoms with Crippen molar-refractivity contribution in [1.29, 1.82) is 0 Å². The van der Waals surface area contributed by atoms with Crippen molar-refractivity contribution in [3.63, 3.8) is 0 Å². The third-order valence-corrected chi connectivity index (χ3v) is 3.26. The number of likely N-dealkylation sites (N-methyl/N-ethyl adjacent to an activating group) is 1. The smallest absolute Gasteiger partial charge is 0.327 e. The number of hydrogen-bond acceptors (Lipinski definition) is 4. The summed E-state index contributed by atoms with van der Waals surface area (Å²) in [7, 11) is 3.45. The fourth-order valence-electron chi connectivity index (χ4n) is 2.23. The van der Waals surface area contributed by atoms with E-state index in [9.17, 15) is 9.90 Å². The molecule has 0 bridgehead atoms. The summed E-state index contributed by atoms with van der Waals surface area (Å²) in [6.45, 7) is 1.95. The lowest BCUT2D eigenvalue weighted by Crippen LogP contribution is -2.49. The molecule has 1 N–H and O–H groups in total. The zero-order valence-corrected chi connectivity index (χ0v) is 10.1. The first-order chi connectivity index (χ1) is 7.97. The fraction of sp³-hybridized carbons (Fsp3) is 0.500. The summed E-state index contributed by atoms with van der Waals surface area (Å²) in [4.78, 5) is 18.3. The predicted molar refractivity (Wildman–Crippen MR) is 63.8 cm³/mol. The molecule has 1 aliphatic carbocycles. The van der Waals surface area contributed by atoms with Crippen molar-refractivity contribution in [1.82, 2.24) is 4.90 Å². The van der Waals surface area contributed by atoms with E-state index >= 15 is 0 Å². The van der Waals surface area contributed by atoms with Gasteiger partial charge in [0, 0.05) is 0 Å². The molecule has 0 radical (unpaired) electrons. The number of carboxylic acids is 1. The molecule has 0 aromatic rings. The molecule has 3 atom stereocenters. The largest absolute Gasteiger partial charge is 0.480 e. The summed E-state index contributed by atoms with van der Waals surface area (Å²) in [6, 6.07) is -0.763. The van der Waals surface area contributed by atoms with Crippen molar-refractivity contribution < 1.29 is 14.7 Å². The van der Waals surface area contributed by atoms with Crippen LogP contribution >= 0.6 is 0 Å². The number of carboxylic acid groups (broad SMARTS) is 1. The minimum atomic E-state index is -0.915. The van der Waals surface area contributed by atoms with Gasteiger partial charge in [0.2, 0.25) is 0 Å². The zero-order chi connectivity index (χ0) is 12.6. The number of carbonyl (C=O) groups is 1. The van der Waals surface area contributed by atoms with E-state index in [0.717, 1.165) is 0 Å². The summed E-state index contributed by atoms with van der Waals surface area (Å²) in [5, 5.41) is 13.3. The molecule has 0 aromatic heterocycles. The van der Waals surface area contributed by atoms with E-state index in [0.29, 0.717) is 5.71 Å². The molecule has 1 heterocycles. The number of hydrogen-bond donors (Lipinski definition) is 1. The van der Waals surface area contributed by atoms with E-state index in [1.54, 1.807) is 19.0 Å². The summed E-state index contributed by atoms with van der Waals surface area (Å²) in [6.07, 6.45) is 7.42. The molecule has 0 spiro atoms. The molecule has 17 heavy (non-hydrogen) atoms. The molecule has 2 aliphatic rings. The highest BCUT2D eigenvalue weighted by Crippen LogP contribution is 2.38. The molecule has 5 heteroatoms. The molecular weight excluding hydrogens is 220 g/mol. The lowest BCUT2D eigenvalue weighted by Gasteiger charge is -2.31. The van der Waals surface area contributed by atoms with Crippen LogP contribution in [0.4, 0.5) is 0 Å². The third-order valence-electron chi connectivity index (χ3n) is 3.26. The van der Waals surface area contributed by atoms with Gasteiger partial charge in [-0.1, -0.05) is 23.4 Å². The van der Waals surface area contributed by atoms with Gasteiger partial charge in [-0.3, -0.25) is 9.69 Å². The van der Waals surface area contributed by atoms with Crippen LogP contribution in [0.2, 0.25) is 0 Å². The van der Waals surface area contributed by atoms with E-state index in [1.165, 1.54) is 0 Å². The minimum absolute atomic E-state index is 0.204. The SMILES string of the molecule is CN(C)C(C(=O)O)C1=NOC2C=CC=CC12C. The van der Waals surface area contributed by atoms with Crippen LogP contribution in [0, 0.1) is 5.41 Å². The van der Waals surface area contributed by atoms with Crippen LogP contribution in [0.25, 0.3) is 0 Å². The van der Waals surface area contributed by atoms with E-state index < -0.39 is 17.4 Å². The molecule has 0 saturated carbocycles. The van der Waals surface area contributed by atoms with Crippen LogP contribution in [0.1, 0.15) is 6.92 Å². The Kier molecular flexibility index (Phi) is 2.79. The quantitative estimate of drug-likeness (QED) is 0.790. The number of fused-ring (bicyclic) bond motifs is 1. The molecule has 0 aromatic carbocycles. The highest BCUT2D eigenvalue weighted by Gasteiger charge is 2.49. The van der Waals surface area contributed by atoms with Crippen LogP contribution in [0.5, 0.6) is 0 Å². The highest BCUT2D eigenvalue weighted by molar-refractivity contribution is 6.10. The minimum Gasteiger partial charge on any atom is -0.480 e. The fourth-order valence-corrected chi connectivity index (χ4v) is 2.23. The van der Waals surface area contributed by atoms with Gasteiger partial charge in [0.05, 0.1) is 11.1 Å². The van der Waals surface area contributed by atoms with Crippen molar-refractivity contribution in [2.24, 2.45) is 10.6 Å². The Hall–Kier alpha value is -1.62. The van der Waals surface area contributed by atoms with E-state index in [1.807, 2.05) is 31.2 Å². The van der Waals surface area contributed by atoms with Gasteiger partial charge in [-0.2, -0.15) is 0 Å². The first-order valence-electron chi connectivity index (χ1n) is 5.46. The second kappa shape index (κ2) is 4.00. The molecule has 1 aliphatic heterocycles. The Morgan fingerprint density at radius 1 is 1.59 bits per heavy atom. The van der Waals surface area contributed by atoms with E-state index in [-0.39, 0.29) is 6.10 Å². The molecule has 92 valence electrons. The maximum Gasteiger partial charge on any atom is 0.327 e. The molecule has 5 nitrogen and oxygen atoms in total. The molecule has 3 unspecified atom stereocenters. The normalized spacial score (nSPS) is 32.0.